The van der Waals surface area contributed by atoms with Crippen molar-refractivity contribution in [3.05, 3.63) is 70.9 Å². The molecule has 0 fully saturated rings. The largest absolute Gasteiger partial charge is 0.492 e. The fourth-order valence-electron chi connectivity index (χ4n) is 2.91. The first-order valence-corrected chi connectivity index (χ1v) is 9.93. The zero-order chi connectivity index (χ0) is 21.5. The maximum absolute atomic E-state index is 12.2. The van der Waals surface area contributed by atoms with E-state index in [1.807, 2.05) is 49.4 Å². The molecule has 6 nitrogen and oxygen atoms in total. The molecule has 0 radical (unpaired) electrons. The van der Waals surface area contributed by atoms with Crippen molar-refractivity contribution >= 4 is 23.6 Å². The molecule has 0 atom stereocenters. The number of amides is 1. The summed E-state index contributed by atoms with van der Waals surface area (Å²) in [4.78, 5) is 12.2. The average molecular weight is 421 g/mol. The van der Waals surface area contributed by atoms with E-state index in [0.717, 1.165) is 11.3 Å². The van der Waals surface area contributed by atoms with E-state index >= 15 is 0 Å². The smallest absolute Gasteiger partial charge is 0.261 e. The van der Waals surface area contributed by atoms with Crippen LogP contribution in [0.5, 0.6) is 5.75 Å². The van der Waals surface area contributed by atoms with E-state index in [-0.39, 0.29) is 5.57 Å². The fourth-order valence-corrected chi connectivity index (χ4v) is 3.15. The number of likely N-dealkylation sites (N-methyl/N-ethyl adjacent to an activating group) is 1. The highest BCUT2D eigenvalue weighted by atomic mass is 35.5. The zero-order valence-electron chi connectivity index (χ0n) is 16.7. The van der Waals surface area contributed by atoms with Gasteiger partial charge in [-0.3, -0.25) is 4.79 Å². The van der Waals surface area contributed by atoms with Crippen LogP contribution in [0.4, 0.5) is 0 Å². The standard InChI is InChI=1S/C23H21ClN4O2/c1-3-26-23(29)17(14-25)12-18-15-28(19-8-6-5-7-9-19)27-22(18)16-10-11-21(30-4-2)20(24)13-16/h5-13,15H,3-4H2,1-2H3,(H,26,29)/b17-12-. The van der Waals surface area contributed by atoms with Crippen LogP contribution in [0.15, 0.2) is 60.3 Å². The van der Waals surface area contributed by atoms with E-state index in [2.05, 4.69) is 5.32 Å². The van der Waals surface area contributed by atoms with Crippen molar-refractivity contribution in [1.82, 2.24) is 15.1 Å². The lowest BCUT2D eigenvalue weighted by molar-refractivity contribution is -0.116. The lowest BCUT2D eigenvalue weighted by atomic mass is 10.1. The van der Waals surface area contributed by atoms with E-state index in [1.54, 1.807) is 29.9 Å². The molecule has 1 amide bonds. The number of rotatable bonds is 7. The molecule has 0 saturated carbocycles. The summed E-state index contributed by atoms with van der Waals surface area (Å²) >= 11 is 6.37. The third-order valence-corrected chi connectivity index (χ3v) is 4.57. The van der Waals surface area contributed by atoms with Gasteiger partial charge in [0.25, 0.3) is 5.91 Å². The Kier molecular flexibility index (Phi) is 6.89. The molecule has 1 N–H and O–H groups in total. The lowest BCUT2D eigenvalue weighted by Gasteiger charge is -2.07. The van der Waals surface area contributed by atoms with Crippen LogP contribution >= 0.6 is 11.6 Å². The van der Waals surface area contributed by atoms with Gasteiger partial charge < -0.3 is 10.1 Å². The van der Waals surface area contributed by atoms with Crippen molar-refractivity contribution in [1.29, 1.82) is 5.26 Å². The van der Waals surface area contributed by atoms with Gasteiger partial charge in [-0.2, -0.15) is 10.4 Å². The number of para-hydroxylation sites is 1. The average Bonchev–Trinajstić information content (AvgIpc) is 3.18. The molecule has 1 heterocycles. The van der Waals surface area contributed by atoms with E-state index in [9.17, 15) is 10.1 Å². The van der Waals surface area contributed by atoms with Gasteiger partial charge in [-0.05, 0) is 50.3 Å². The quantitative estimate of drug-likeness (QED) is 0.446. The Morgan fingerprint density at radius 1 is 1.27 bits per heavy atom. The van der Waals surface area contributed by atoms with Gasteiger partial charge in [0, 0.05) is 23.9 Å². The van der Waals surface area contributed by atoms with Crippen LogP contribution in [0.1, 0.15) is 19.4 Å². The summed E-state index contributed by atoms with van der Waals surface area (Å²) in [5.41, 5.74) is 2.83. The third kappa shape index (κ3) is 4.70. The summed E-state index contributed by atoms with van der Waals surface area (Å²) in [6, 6.07) is 17.0. The van der Waals surface area contributed by atoms with Gasteiger partial charge in [-0.15, -0.1) is 0 Å². The zero-order valence-corrected chi connectivity index (χ0v) is 17.5. The Hall–Kier alpha value is -3.56. The van der Waals surface area contributed by atoms with Gasteiger partial charge in [0.1, 0.15) is 23.1 Å². The van der Waals surface area contributed by atoms with Gasteiger partial charge in [-0.1, -0.05) is 29.8 Å². The first-order chi connectivity index (χ1) is 14.6. The number of nitriles is 1. The molecule has 0 bridgehead atoms. The molecule has 2 aromatic carbocycles. The molecule has 0 aliphatic carbocycles. The second-order valence-corrected chi connectivity index (χ2v) is 6.73. The Morgan fingerprint density at radius 3 is 2.67 bits per heavy atom. The van der Waals surface area contributed by atoms with Crippen molar-refractivity contribution in [2.75, 3.05) is 13.2 Å². The highest BCUT2D eigenvalue weighted by Gasteiger charge is 2.16. The highest BCUT2D eigenvalue weighted by molar-refractivity contribution is 6.32. The number of ether oxygens (including phenoxy) is 1. The highest BCUT2D eigenvalue weighted by Crippen LogP contribution is 2.32. The molecule has 3 rings (SSSR count). The van der Waals surface area contributed by atoms with Crippen molar-refractivity contribution < 1.29 is 9.53 Å². The summed E-state index contributed by atoms with van der Waals surface area (Å²) in [7, 11) is 0. The topological polar surface area (TPSA) is 79.9 Å². The van der Waals surface area contributed by atoms with Crippen LogP contribution in [0.25, 0.3) is 23.0 Å². The van der Waals surface area contributed by atoms with Gasteiger partial charge in [0.15, 0.2) is 0 Å². The van der Waals surface area contributed by atoms with E-state index in [1.165, 1.54) is 6.08 Å². The van der Waals surface area contributed by atoms with Crippen LogP contribution in [0, 0.1) is 11.3 Å². The number of carbonyl (C=O) groups is 1. The van der Waals surface area contributed by atoms with E-state index < -0.39 is 5.91 Å². The van der Waals surface area contributed by atoms with Crippen LogP contribution < -0.4 is 10.1 Å². The van der Waals surface area contributed by atoms with E-state index in [4.69, 9.17) is 21.4 Å². The molecule has 30 heavy (non-hydrogen) atoms. The van der Waals surface area contributed by atoms with Crippen molar-refractivity contribution in [2.24, 2.45) is 0 Å². The van der Waals surface area contributed by atoms with Crippen molar-refractivity contribution in [3.63, 3.8) is 0 Å². The minimum Gasteiger partial charge on any atom is -0.492 e. The van der Waals surface area contributed by atoms with Crippen LogP contribution in [-0.4, -0.2) is 28.8 Å². The van der Waals surface area contributed by atoms with Crippen molar-refractivity contribution in [3.8, 4) is 28.8 Å². The van der Waals surface area contributed by atoms with E-state index in [0.29, 0.717) is 35.2 Å². The Morgan fingerprint density at radius 2 is 2.03 bits per heavy atom. The first-order valence-electron chi connectivity index (χ1n) is 9.55. The minimum absolute atomic E-state index is 0.00254. The number of nitrogens with one attached hydrogen (secondary N) is 1. The molecule has 0 spiro atoms. The van der Waals surface area contributed by atoms with Gasteiger partial charge >= 0.3 is 0 Å². The molecule has 7 heteroatoms. The molecule has 0 unspecified atom stereocenters. The summed E-state index contributed by atoms with van der Waals surface area (Å²) < 4.78 is 7.21. The normalized spacial score (nSPS) is 11.1. The fraction of sp³-hybridized carbons (Fsp3) is 0.174. The number of benzene rings is 2. The van der Waals surface area contributed by atoms with Gasteiger partial charge in [-0.25, -0.2) is 4.68 Å². The molecule has 0 saturated heterocycles. The number of hydrogen-bond acceptors (Lipinski definition) is 4. The maximum atomic E-state index is 12.2. The maximum Gasteiger partial charge on any atom is 0.261 e. The monoisotopic (exact) mass is 420 g/mol. The second-order valence-electron chi connectivity index (χ2n) is 6.32. The minimum atomic E-state index is -0.428. The number of carbonyl (C=O) groups excluding carboxylic acids is 1. The van der Waals surface area contributed by atoms with Crippen molar-refractivity contribution in [2.45, 2.75) is 13.8 Å². The number of nitrogens with zero attached hydrogens (tertiary/aromatic N) is 3. The van der Waals surface area contributed by atoms with Gasteiger partial charge in [0.05, 0.1) is 17.3 Å². The summed E-state index contributed by atoms with van der Waals surface area (Å²) in [5.74, 6) is 0.158. The second kappa shape index (κ2) is 9.77. The van der Waals surface area contributed by atoms with Crippen LogP contribution in [0.3, 0.4) is 0 Å². The molecular weight excluding hydrogens is 400 g/mol. The molecule has 1 aromatic heterocycles. The van der Waals surface area contributed by atoms with Crippen LogP contribution in [0.2, 0.25) is 5.02 Å². The number of hydrogen-bond donors (Lipinski definition) is 1. The summed E-state index contributed by atoms with van der Waals surface area (Å²) in [6.45, 7) is 4.63. The summed E-state index contributed by atoms with van der Waals surface area (Å²) in [6.07, 6.45) is 3.32. The molecule has 0 aliphatic rings. The molecule has 0 aliphatic heterocycles. The first kappa shape index (κ1) is 21.2. The predicted octanol–water partition coefficient (Wildman–Crippen LogP) is 4.63. The van der Waals surface area contributed by atoms with Gasteiger partial charge in [0.2, 0.25) is 0 Å². The molecule has 3 aromatic rings. The Bertz CT molecular complexity index is 1110. The number of aromatic nitrogens is 2. The number of halogens is 1. The Balaban J connectivity index is 2.13. The summed E-state index contributed by atoms with van der Waals surface area (Å²) in [5, 5.41) is 17.3. The molecular formula is C23H21ClN4O2. The predicted molar refractivity (Wildman–Crippen MR) is 117 cm³/mol. The Labute approximate surface area is 180 Å². The molecule has 152 valence electrons. The third-order valence-electron chi connectivity index (χ3n) is 4.27. The SMILES string of the molecule is CCNC(=O)/C(C#N)=C\c1cn(-c2ccccc2)nc1-c1ccc(OCC)c(Cl)c1. The lowest BCUT2D eigenvalue weighted by Crippen LogP contribution is -2.23. The van der Waals surface area contributed by atoms with Crippen LogP contribution in [-0.2, 0) is 4.79 Å².